The third-order valence-electron chi connectivity index (χ3n) is 4.44. The second-order valence-corrected chi connectivity index (χ2v) is 8.89. The van der Waals surface area contributed by atoms with Gasteiger partial charge >= 0.3 is 0 Å². The van der Waals surface area contributed by atoms with Gasteiger partial charge in [0.25, 0.3) is 0 Å². The molecule has 0 radical (unpaired) electrons. The average molecular weight is 388 g/mol. The van der Waals surface area contributed by atoms with Crippen LogP contribution in [0, 0.1) is 0 Å². The van der Waals surface area contributed by atoms with Crippen LogP contribution in [0.3, 0.4) is 0 Å². The van der Waals surface area contributed by atoms with E-state index in [1.54, 1.807) is 6.07 Å². The van der Waals surface area contributed by atoms with Crippen LogP contribution in [0.4, 0.5) is 0 Å². The summed E-state index contributed by atoms with van der Waals surface area (Å²) in [5, 5.41) is 0.633. The summed E-state index contributed by atoms with van der Waals surface area (Å²) in [4.78, 5) is 16.3. The van der Waals surface area contributed by atoms with Crippen molar-refractivity contribution in [2.24, 2.45) is 0 Å². The fourth-order valence-electron chi connectivity index (χ4n) is 2.82. The Kier molecular flexibility index (Phi) is 7.25. The molecule has 0 aliphatic carbocycles. The highest BCUT2D eigenvalue weighted by molar-refractivity contribution is 7.88. The summed E-state index contributed by atoms with van der Waals surface area (Å²) in [5.74, 6) is 0.0181. The first-order chi connectivity index (χ1) is 11.8. The van der Waals surface area contributed by atoms with Crippen molar-refractivity contribution < 1.29 is 13.2 Å². The molecule has 1 aromatic rings. The molecule has 1 aliphatic rings. The normalized spacial score (nSPS) is 16.4. The standard InChI is InChI=1S/C17H26ClN3O3S/c1-19-10-12-20(13-11-19)17(22)7-9-21(25(2,23)24)8-6-15-4-3-5-16(18)14-15/h3-5,14H,6-13H2,1-2H3. The Morgan fingerprint density at radius 2 is 1.88 bits per heavy atom. The number of benzene rings is 1. The van der Waals surface area contributed by atoms with Crippen molar-refractivity contribution in [2.45, 2.75) is 12.8 Å². The van der Waals surface area contributed by atoms with Crippen molar-refractivity contribution in [2.75, 3.05) is 52.6 Å². The minimum absolute atomic E-state index is 0.0181. The molecule has 140 valence electrons. The molecule has 1 aliphatic heterocycles. The number of carbonyl (C=O) groups excluding carboxylic acids is 1. The van der Waals surface area contributed by atoms with E-state index in [9.17, 15) is 13.2 Å². The van der Waals surface area contributed by atoms with Gasteiger partial charge in [-0.15, -0.1) is 0 Å². The minimum atomic E-state index is -3.36. The average Bonchev–Trinajstić information content (AvgIpc) is 2.54. The van der Waals surface area contributed by atoms with Gasteiger partial charge < -0.3 is 9.80 Å². The summed E-state index contributed by atoms with van der Waals surface area (Å²) in [6.07, 6.45) is 1.97. The molecule has 8 heteroatoms. The first kappa shape index (κ1) is 20.2. The van der Waals surface area contributed by atoms with Crippen LogP contribution < -0.4 is 0 Å². The summed E-state index contributed by atoms with van der Waals surface area (Å²) in [6, 6.07) is 7.38. The predicted molar refractivity (Wildman–Crippen MR) is 100 cm³/mol. The summed E-state index contributed by atoms with van der Waals surface area (Å²) < 4.78 is 25.4. The van der Waals surface area contributed by atoms with Crippen molar-refractivity contribution in [3.8, 4) is 0 Å². The van der Waals surface area contributed by atoms with Gasteiger partial charge in [0.2, 0.25) is 15.9 Å². The quantitative estimate of drug-likeness (QED) is 0.707. The van der Waals surface area contributed by atoms with Crippen molar-refractivity contribution in [1.29, 1.82) is 0 Å². The maximum absolute atomic E-state index is 12.3. The molecule has 1 aromatic carbocycles. The van der Waals surface area contributed by atoms with Gasteiger partial charge in [-0.05, 0) is 31.2 Å². The molecular weight excluding hydrogens is 362 g/mol. The van der Waals surface area contributed by atoms with Crippen LogP contribution >= 0.6 is 11.6 Å². The van der Waals surface area contributed by atoms with E-state index in [1.165, 1.54) is 10.6 Å². The summed E-state index contributed by atoms with van der Waals surface area (Å²) >= 11 is 5.96. The summed E-state index contributed by atoms with van der Waals surface area (Å²) in [7, 11) is -1.33. The van der Waals surface area contributed by atoms with E-state index in [2.05, 4.69) is 4.90 Å². The minimum Gasteiger partial charge on any atom is -0.340 e. The molecule has 0 unspecified atom stereocenters. The molecule has 0 aromatic heterocycles. The van der Waals surface area contributed by atoms with Crippen LogP contribution in [-0.2, 0) is 21.2 Å². The molecule has 1 saturated heterocycles. The number of hydrogen-bond acceptors (Lipinski definition) is 4. The van der Waals surface area contributed by atoms with Gasteiger partial charge in [0.05, 0.1) is 6.26 Å². The maximum Gasteiger partial charge on any atom is 0.223 e. The lowest BCUT2D eigenvalue weighted by atomic mass is 10.1. The van der Waals surface area contributed by atoms with Gasteiger partial charge in [-0.1, -0.05) is 23.7 Å². The monoisotopic (exact) mass is 387 g/mol. The lowest BCUT2D eigenvalue weighted by Gasteiger charge is -2.33. The summed E-state index contributed by atoms with van der Waals surface area (Å²) in [5.41, 5.74) is 0.978. The van der Waals surface area contributed by atoms with Crippen molar-refractivity contribution in [1.82, 2.24) is 14.1 Å². The van der Waals surface area contributed by atoms with Gasteiger partial charge in [-0.3, -0.25) is 4.79 Å². The van der Waals surface area contributed by atoms with E-state index in [0.717, 1.165) is 18.7 Å². The van der Waals surface area contributed by atoms with Crippen LogP contribution in [0.15, 0.2) is 24.3 Å². The number of sulfonamides is 1. The van der Waals surface area contributed by atoms with Gasteiger partial charge in [0.15, 0.2) is 0 Å². The van der Waals surface area contributed by atoms with E-state index in [1.807, 2.05) is 30.1 Å². The molecule has 2 rings (SSSR count). The van der Waals surface area contributed by atoms with Crippen LogP contribution in [0.1, 0.15) is 12.0 Å². The molecule has 0 bridgehead atoms. The predicted octanol–water partition coefficient (Wildman–Crippen LogP) is 1.31. The highest BCUT2D eigenvalue weighted by atomic mass is 35.5. The lowest BCUT2D eigenvalue weighted by molar-refractivity contribution is -0.132. The van der Waals surface area contributed by atoms with Crippen molar-refractivity contribution in [3.05, 3.63) is 34.9 Å². The topological polar surface area (TPSA) is 60.9 Å². The van der Waals surface area contributed by atoms with E-state index in [4.69, 9.17) is 11.6 Å². The SMILES string of the molecule is CN1CCN(C(=O)CCN(CCc2cccc(Cl)c2)S(C)(=O)=O)CC1. The second-order valence-electron chi connectivity index (χ2n) is 6.48. The fraction of sp³-hybridized carbons (Fsp3) is 0.588. The smallest absolute Gasteiger partial charge is 0.223 e. The maximum atomic E-state index is 12.3. The molecule has 1 amide bonds. The van der Waals surface area contributed by atoms with Crippen molar-refractivity contribution in [3.63, 3.8) is 0 Å². The molecule has 6 nitrogen and oxygen atoms in total. The third kappa shape index (κ3) is 6.58. The first-order valence-electron chi connectivity index (χ1n) is 8.41. The Labute approximate surface area is 155 Å². The molecule has 0 N–H and O–H groups in total. The lowest BCUT2D eigenvalue weighted by Crippen LogP contribution is -2.48. The van der Waals surface area contributed by atoms with Crippen LogP contribution in [0.5, 0.6) is 0 Å². The van der Waals surface area contributed by atoms with E-state index in [-0.39, 0.29) is 18.9 Å². The number of piperazine rings is 1. The molecule has 1 heterocycles. The highest BCUT2D eigenvalue weighted by Gasteiger charge is 2.22. The molecular formula is C17H26ClN3O3S. The van der Waals surface area contributed by atoms with Gasteiger partial charge in [-0.25, -0.2) is 12.7 Å². The number of carbonyl (C=O) groups is 1. The Hall–Kier alpha value is -1.15. The number of halogens is 1. The van der Waals surface area contributed by atoms with Crippen LogP contribution in [0.2, 0.25) is 5.02 Å². The third-order valence-corrected chi connectivity index (χ3v) is 5.98. The Morgan fingerprint density at radius 1 is 1.20 bits per heavy atom. The first-order valence-corrected chi connectivity index (χ1v) is 10.6. The van der Waals surface area contributed by atoms with Crippen molar-refractivity contribution >= 4 is 27.5 Å². The molecule has 0 saturated carbocycles. The fourth-order valence-corrected chi connectivity index (χ4v) is 3.88. The van der Waals surface area contributed by atoms with Gasteiger partial charge in [0.1, 0.15) is 0 Å². The summed E-state index contributed by atoms with van der Waals surface area (Å²) in [6.45, 7) is 3.68. The zero-order valence-electron chi connectivity index (χ0n) is 14.8. The number of rotatable bonds is 7. The number of amides is 1. The number of hydrogen-bond donors (Lipinski definition) is 0. The van der Waals surface area contributed by atoms with E-state index in [0.29, 0.717) is 31.1 Å². The largest absolute Gasteiger partial charge is 0.340 e. The van der Waals surface area contributed by atoms with Crippen LogP contribution in [0.25, 0.3) is 0 Å². The van der Waals surface area contributed by atoms with Gasteiger partial charge in [-0.2, -0.15) is 0 Å². The Balaban J connectivity index is 1.88. The van der Waals surface area contributed by atoms with Gasteiger partial charge in [0, 0.05) is 50.7 Å². The molecule has 0 atom stereocenters. The van der Waals surface area contributed by atoms with E-state index >= 15 is 0 Å². The Bertz CT molecular complexity index is 688. The second kappa shape index (κ2) is 8.98. The van der Waals surface area contributed by atoms with Crippen LogP contribution in [-0.4, -0.2) is 81.0 Å². The highest BCUT2D eigenvalue weighted by Crippen LogP contribution is 2.13. The molecule has 1 fully saturated rings. The number of nitrogens with zero attached hydrogens (tertiary/aromatic N) is 3. The number of likely N-dealkylation sites (N-methyl/N-ethyl adjacent to an activating group) is 1. The van der Waals surface area contributed by atoms with E-state index < -0.39 is 10.0 Å². The molecule has 25 heavy (non-hydrogen) atoms. The molecule has 0 spiro atoms. The zero-order chi connectivity index (χ0) is 18.4. The Morgan fingerprint density at radius 3 is 2.48 bits per heavy atom. The zero-order valence-corrected chi connectivity index (χ0v) is 16.4.